The molecule has 9 heteroatoms. The molecule has 2 aromatic heterocycles. The predicted octanol–water partition coefficient (Wildman–Crippen LogP) is 4.68. The van der Waals surface area contributed by atoms with Crippen LogP contribution in [0.5, 0.6) is 17.2 Å². The number of rotatable bonds is 6. The van der Waals surface area contributed by atoms with Gasteiger partial charge in [0, 0.05) is 23.5 Å². The van der Waals surface area contributed by atoms with E-state index < -0.39 is 0 Å². The van der Waals surface area contributed by atoms with Crippen LogP contribution in [-0.4, -0.2) is 41.5 Å². The smallest absolute Gasteiger partial charge is 0.226 e. The molecule has 5 rings (SSSR count). The first-order valence-corrected chi connectivity index (χ1v) is 11.5. The van der Waals surface area contributed by atoms with Gasteiger partial charge in [0.25, 0.3) is 0 Å². The van der Waals surface area contributed by atoms with Crippen LogP contribution in [0.3, 0.4) is 0 Å². The second kappa shape index (κ2) is 8.40. The molecular formula is C24H24N4O4S. The highest BCUT2D eigenvalue weighted by molar-refractivity contribution is 7.20. The molecule has 0 spiro atoms. The molecule has 0 saturated carbocycles. The lowest BCUT2D eigenvalue weighted by Gasteiger charge is -2.26. The summed E-state index contributed by atoms with van der Waals surface area (Å²) in [6.45, 7) is 4.51. The zero-order valence-corrected chi connectivity index (χ0v) is 19.7. The summed E-state index contributed by atoms with van der Waals surface area (Å²) in [6, 6.07) is 11.5. The summed E-state index contributed by atoms with van der Waals surface area (Å²) in [5, 5.41) is 8.47. The maximum atomic E-state index is 12.8. The fourth-order valence-corrected chi connectivity index (χ4v) is 5.33. The van der Waals surface area contributed by atoms with Crippen molar-refractivity contribution < 1.29 is 19.0 Å². The van der Waals surface area contributed by atoms with Crippen molar-refractivity contribution in [1.82, 2.24) is 14.8 Å². The Kier molecular flexibility index (Phi) is 5.41. The Morgan fingerprint density at radius 2 is 2.06 bits per heavy atom. The number of methoxy groups -OCH3 is 2. The van der Waals surface area contributed by atoms with Crippen molar-refractivity contribution in [3.63, 3.8) is 0 Å². The predicted molar refractivity (Wildman–Crippen MR) is 127 cm³/mol. The molecule has 1 atom stereocenters. The van der Waals surface area contributed by atoms with Gasteiger partial charge in [-0.25, -0.2) is 4.98 Å². The van der Waals surface area contributed by atoms with E-state index in [2.05, 4.69) is 5.32 Å². The third kappa shape index (κ3) is 3.58. The van der Waals surface area contributed by atoms with Crippen molar-refractivity contribution in [2.45, 2.75) is 26.2 Å². The van der Waals surface area contributed by atoms with E-state index in [-0.39, 0.29) is 11.8 Å². The van der Waals surface area contributed by atoms with Crippen molar-refractivity contribution in [3.8, 4) is 22.4 Å². The number of nitrogens with one attached hydrogen (secondary N) is 1. The molecule has 1 aliphatic rings. The second-order valence-corrected chi connectivity index (χ2v) is 8.72. The Hall–Kier alpha value is -3.59. The monoisotopic (exact) mass is 464 g/mol. The fourth-order valence-electron chi connectivity index (χ4n) is 4.38. The number of aryl methyl sites for hydroxylation is 1. The van der Waals surface area contributed by atoms with Gasteiger partial charge < -0.3 is 19.5 Å². The molecule has 0 radical (unpaired) electrons. The largest absolute Gasteiger partial charge is 0.494 e. The van der Waals surface area contributed by atoms with E-state index in [1.807, 2.05) is 50.2 Å². The maximum Gasteiger partial charge on any atom is 0.226 e. The highest BCUT2D eigenvalue weighted by Crippen LogP contribution is 2.46. The lowest BCUT2D eigenvalue weighted by Crippen LogP contribution is -2.25. The summed E-state index contributed by atoms with van der Waals surface area (Å²) >= 11 is 1.50. The van der Waals surface area contributed by atoms with Crippen molar-refractivity contribution in [2.75, 3.05) is 26.1 Å². The van der Waals surface area contributed by atoms with Crippen LogP contribution in [0, 0.1) is 6.92 Å². The van der Waals surface area contributed by atoms with Crippen molar-refractivity contribution in [3.05, 3.63) is 53.2 Å². The minimum Gasteiger partial charge on any atom is -0.494 e. The summed E-state index contributed by atoms with van der Waals surface area (Å²) in [5.41, 5.74) is 3.53. The van der Waals surface area contributed by atoms with E-state index in [1.54, 1.807) is 18.9 Å². The zero-order valence-electron chi connectivity index (χ0n) is 18.8. The zero-order chi connectivity index (χ0) is 23.1. The number of thiazole rings is 1. The van der Waals surface area contributed by atoms with Gasteiger partial charge in [0.1, 0.15) is 11.6 Å². The van der Waals surface area contributed by atoms with Gasteiger partial charge in [0.2, 0.25) is 11.0 Å². The normalized spacial score (nSPS) is 15.3. The van der Waals surface area contributed by atoms with Crippen LogP contribution in [-0.2, 0) is 4.79 Å². The molecule has 1 amide bonds. The molecule has 0 unspecified atom stereocenters. The standard InChI is InChI=1S/C24H24N4O4S/c1-5-32-14-9-10-17-19(11-14)33-24(25-17)28-23-21(13(2)27-28)16(12-20(29)26-23)15-7-6-8-18(30-3)22(15)31-4/h6-11,16H,5,12H2,1-4H3,(H,26,29)/t16-/m1/s1. The number of aromatic nitrogens is 3. The topological polar surface area (TPSA) is 87.5 Å². The summed E-state index contributed by atoms with van der Waals surface area (Å²) in [5.74, 6) is 2.40. The van der Waals surface area contributed by atoms with E-state index in [0.717, 1.165) is 32.8 Å². The third-order valence-corrected chi connectivity index (χ3v) is 6.75. The quantitative estimate of drug-likeness (QED) is 0.446. The number of carbonyl (C=O) groups is 1. The van der Waals surface area contributed by atoms with E-state index in [4.69, 9.17) is 24.3 Å². The van der Waals surface area contributed by atoms with Crippen molar-refractivity contribution >= 4 is 33.3 Å². The number of hydrogen-bond donors (Lipinski definition) is 1. The number of anilines is 1. The first-order valence-electron chi connectivity index (χ1n) is 10.7. The van der Waals surface area contributed by atoms with Crippen LogP contribution < -0.4 is 19.5 Å². The second-order valence-electron chi connectivity index (χ2n) is 7.71. The third-order valence-electron chi connectivity index (χ3n) is 5.75. The van der Waals surface area contributed by atoms with Crippen LogP contribution in [0.1, 0.15) is 36.1 Å². The lowest BCUT2D eigenvalue weighted by molar-refractivity contribution is -0.116. The van der Waals surface area contributed by atoms with Crippen LogP contribution in [0.4, 0.5) is 5.82 Å². The molecule has 4 aromatic rings. The summed E-state index contributed by atoms with van der Waals surface area (Å²) < 4.78 is 19.5. The molecule has 170 valence electrons. The fraction of sp³-hybridized carbons (Fsp3) is 0.292. The lowest BCUT2D eigenvalue weighted by atomic mass is 9.85. The summed E-state index contributed by atoms with van der Waals surface area (Å²) in [4.78, 5) is 17.5. The van der Waals surface area contributed by atoms with Gasteiger partial charge in [-0.05, 0) is 38.1 Å². The van der Waals surface area contributed by atoms with Gasteiger partial charge in [-0.2, -0.15) is 9.78 Å². The van der Waals surface area contributed by atoms with Gasteiger partial charge in [0.15, 0.2) is 11.5 Å². The molecule has 2 aromatic carbocycles. The highest BCUT2D eigenvalue weighted by Gasteiger charge is 2.35. The molecule has 1 N–H and O–H groups in total. The average molecular weight is 465 g/mol. The molecule has 0 fully saturated rings. The molecule has 0 bridgehead atoms. The number of fused-ring (bicyclic) bond motifs is 2. The number of carbonyl (C=O) groups excluding carboxylic acids is 1. The Morgan fingerprint density at radius 3 is 2.82 bits per heavy atom. The first-order chi connectivity index (χ1) is 16.0. The number of benzene rings is 2. The van der Waals surface area contributed by atoms with E-state index in [1.165, 1.54) is 11.3 Å². The Bertz CT molecular complexity index is 1360. The van der Waals surface area contributed by atoms with Crippen LogP contribution in [0.25, 0.3) is 15.3 Å². The van der Waals surface area contributed by atoms with Crippen LogP contribution in [0.15, 0.2) is 36.4 Å². The van der Waals surface area contributed by atoms with Crippen molar-refractivity contribution in [2.24, 2.45) is 0 Å². The molecule has 0 saturated heterocycles. The van der Waals surface area contributed by atoms with E-state index >= 15 is 0 Å². The minimum atomic E-state index is -0.216. The molecule has 3 heterocycles. The Morgan fingerprint density at radius 1 is 1.21 bits per heavy atom. The average Bonchev–Trinajstić information content (AvgIpc) is 3.38. The molecule has 1 aliphatic heterocycles. The maximum absolute atomic E-state index is 12.8. The van der Waals surface area contributed by atoms with Crippen molar-refractivity contribution in [1.29, 1.82) is 0 Å². The molecule has 8 nitrogen and oxygen atoms in total. The molecular weight excluding hydrogens is 440 g/mol. The molecule has 33 heavy (non-hydrogen) atoms. The minimum absolute atomic E-state index is 0.0849. The number of ether oxygens (including phenoxy) is 3. The summed E-state index contributed by atoms with van der Waals surface area (Å²) in [6.07, 6.45) is 0.292. The number of para-hydroxylation sites is 1. The van der Waals surface area contributed by atoms with E-state index in [9.17, 15) is 4.79 Å². The van der Waals surface area contributed by atoms with Crippen LogP contribution in [0.2, 0.25) is 0 Å². The SMILES string of the molecule is CCOc1ccc2nc(-n3nc(C)c4c3NC(=O)C[C@@H]4c3cccc(OC)c3OC)sc2c1. The van der Waals surface area contributed by atoms with Gasteiger partial charge in [-0.15, -0.1) is 0 Å². The highest BCUT2D eigenvalue weighted by atomic mass is 32.1. The van der Waals surface area contributed by atoms with Gasteiger partial charge >= 0.3 is 0 Å². The van der Waals surface area contributed by atoms with Gasteiger partial charge in [-0.1, -0.05) is 23.5 Å². The van der Waals surface area contributed by atoms with Gasteiger partial charge in [-0.3, -0.25) is 4.79 Å². The number of hydrogen-bond acceptors (Lipinski definition) is 7. The number of nitrogens with zero attached hydrogens (tertiary/aromatic N) is 3. The summed E-state index contributed by atoms with van der Waals surface area (Å²) in [7, 11) is 3.22. The first kappa shape index (κ1) is 21.3. The van der Waals surface area contributed by atoms with E-state index in [0.29, 0.717) is 35.5 Å². The molecule has 0 aliphatic carbocycles. The van der Waals surface area contributed by atoms with Gasteiger partial charge in [0.05, 0.1) is 36.7 Å². The number of amides is 1. The Labute approximate surface area is 195 Å². The Balaban J connectivity index is 1.64. The van der Waals surface area contributed by atoms with Crippen LogP contribution >= 0.6 is 11.3 Å².